The van der Waals surface area contributed by atoms with Crippen molar-refractivity contribution in [1.82, 2.24) is 0 Å². The van der Waals surface area contributed by atoms with Crippen LogP contribution in [-0.4, -0.2) is 11.1 Å². The van der Waals surface area contributed by atoms with Gasteiger partial charge in [-0.2, -0.15) is 0 Å². The van der Waals surface area contributed by atoms with E-state index in [-0.39, 0.29) is 6.42 Å². The summed E-state index contributed by atoms with van der Waals surface area (Å²) in [5.74, 6) is -0.814. The van der Waals surface area contributed by atoms with E-state index in [0.717, 1.165) is 22.1 Å². The first-order chi connectivity index (χ1) is 6.66. The highest BCUT2D eigenvalue weighted by molar-refractivity contribution is 5.82. The zero-order valence-corrected chi connectivity index (χ0v) is 7.78. The molecule has 14 heavy (non-hydrogen) atoms. The van der Waals surface area contributed by atoms with Gasteiger partial charge in [-0.05, 0) is 30.2 Å². The molecule has 3 heteroatoms. The van der Waals surface area contributed by atoms with Gasteiger partial charge in [0.2, 0.25) is 0 Å². The van der Waals surface area contributed by atoms with Crippen LogP contribution in [-0.2, 0) is 11.2 Å². The van der Waals surface area contributed by atoms with Gasteiger partial charge in [0.1, 0.15) is 5.58 Å². The van der Waals surface area contributed by atoms with Gasteiger partial charge in [0.15, 0.2) is 0 Å². The molecule has 3 nitrogen and oxygen atoms in total. The van der Waals surface area contributed by atoms with Crippen molar-refractivity contribution in [2.45, 2.75) is 13.3 Å². The van der Waals surface area contributed by atoms with Crippen molar-refractivity contribution in [3.05, 3.63) is 35.6 Å². The second-order valence-corrected chi connectivity index (χ2v) is 3.32. The second-order valence-electron chi connectivity index (χ2n) is 3.32. The van der Waals surface area contributed by atoms with Gasteiger partial charge in [-0.15, -0.1) is 0 Å². The van der Waals surface area contributed by atoms with Gasteiger partial charge in [0.25, 0.3) is 0 Å². The third kappa shape index (κ3) is 1.48. The van der Waals surface area contributed by atoms with Crippen LogP contribution in [0.2, 0.25) is 0 Å². The molecule has 0 fully saturated rings. The van der Waals surface area contributed by atoms with Crippen LogP contribution in [0.1, 0.15) is 11.1 Å². The van der Waals surface area contributed by atoms with Crippen molar-refractivity contribution < 1.29 is 14.3 Å². The van der Waals surface area contributed by atoms with Gasteiger partial charge in [-0.1, -0.05) is 6.07 Å². The number of hydrogen-bond acceptors (Lipinski definition) is 2. The highest BCUT2D eigenvalue weighted by Crippen LogP contribution is 2.21. The maximum absolute atomic E-state index is 10.5. The van der Waals surface area contributed by atoms with Crippen molar-refractivity contribution >= 4 is 16.9 Å². The Morgan fingerprint density at radius 3 is 3.00 bits per heavy atom. The Kier molecular flexibility index (Phi) is 2.00. The summed E-state index contributed by atoms with van der Waals surface area (Å²) >= 11 is 0. The molecule has 1 heterocycles. The van der Waals surface area contributed by atoms with Crippen LogP contribution in [0.25, 0.3) is 11.0 Å². The van der Waals surface area contributed by atoms with E-state index in [4.69, 9.17) is 9.52 Å². The minimum absolute atomic E-state index is 0.0561. The lowest BCUT2D eigenvalue weighted by molar-refractivity contribution is -0.136. The highest BCUT2D eigenvalue weighted by atomic mass is 16.4. The average molecular weight is 190 g/mol. The zero-order chi connectivity index (χ0) is 10.1. The van der Waals surface area contributed by atoms with Crippen molar-refractivity contribution in [3.8, 4) is 0 Å². The van der Waals surface area contributed by atoms with Crippen LogP contribution < -0.4 is 0 Å². The number of carboxylic acids is 1. The molecular formula is C11H10O3. The fraction of sp³-hybridized carbons (Fsp3) is 0.182. The molecule has 0 aliphatic heterocycles. The van der Waals surface area contributed by atoms with Crippen molar-refractivity contribution in [2.75, 3.05) is 0 Å². The van der Waals surface area contributed by atoms with Gasteiger partial charge in [-0.3, -0.25) is 4.79 Å². The fourth-order valence-electron chi connectivity index (χ4n) is 1.49. The second kappa shape index (κ2) is 3.18. The summed E-state index contributed by atoms with van der Waals surface area (Å²) in [5.41, 5.74) is 2.64. The Balaban J connectivity index is 2.49. The normalized spacial score (nSPS) is 10.6. The summed E-state index contributed by atoms with van der Waals surface area (Å²) in [4.78, 5) is 10.5. The molecule has 0 aliphatic rings. The van der Waals surface area contributed by atoms with Crippen LogP contribution in [0.4, 0.5) is 0 Å². The summed E-state index contributed by atoms with van der Waals surface area (Å²) < 4.78 is 5.26. The predicted octanol–water partition coefficient (Wildman–Crippen LogP) is 2.37. The largest absolute Gasteiger partial charge is 0.481 e. The van der Waals surface area contributed by atoms with Crippen LogP contribution in [0.5, 0.6) is 0 Å². The van der Waals surface area contributed by atoms with Crippen LogP contribution in [0, 0.1) is 6.92 Å². The van der Waals surface area contributed by atoms with E-state index in [0.29, 0.717) is 0 Å². The molecule has 1 N–H and O–H groups in total. The first-order valence-electron chi connectivity index (χ1n) is 4.35. The molecule has 0 unspecified atom stereocenters. The number of hydrogen-bond donors (Lipinski definition) is 1. The quantitative estimate of drug-likeness (QED) is 0.790. The summed E-state index contributed by atoms with van der Waals surface area (Å²) in [6, 6.07) is 5.45. The maximum atomic E-state index is 10.5. The van der Waals surface area contributed by atoms with Crippen LogP contribution >= 0.6 is 0 Å². The predicted molar refractivity (Wildman–Crippen MR) is 52.3 cm³/mol. The number of aliphatic carboxylic acids is 1. The Hall–Kier alpha value is -1.77. The Morgan fingerprint density at radius 2 is 2.29 bits per heavy atom. The van der Waals surface area contributed by atoms with Gasteiger partial charge >= 0.3 is 5.97 Å². The first kappa shape index (κ1) is 8.81. The SMILES string of the molecule is Cc1coc2ccc(CC(=O)O)cc12. The number of fused-ring (bicyclic) bond motifs is 1. The molecule has 0 bridgehead atoms. The molecule has 0 amide bonds. The molecule has 0 spiro atoms. The van der Waals surface area contributed by atoms with E-state index in [9.17, 15) is 4.79 Å². The monoisotopic (exact) mass is 190 g/mol. The van der Waals surface area contributed by atoms with E-state index in [2.05, 4.69) is 0 Å². The maximum Gasteiger partial charge on any atom is 0.307 e. The van der Waals surface area contributed by atoms with Gasteiger partial charge in [0.05, 0.1) is 12.7 Å². The van der Waals surface area contributed by atoms with Crippen LogP contribution in [0.3, 0.4) is 0 Å². The van der Waals surface area contributed by atoms with Gasteiger partial charge in [-0.25, -0.2) is 0 Å². The summed E-state index contributed by atoms with van der Waals surface area (Å²) in [6.45, 7) is 1.94. The number of furan rings is 1. The molecule has 0 saturated carbocycles. The molecule has 0 atom stereocenters. The molecular weight excluding hydrogens is 180 g/mol. The molecule has 0 aliphatic carbocycles. The average Bonchev–Trinajstić information content (AvgIpc) is 2.47. The molecule has 2 rings (SSSR count). The van der Waals surface area contributed by atoms with E-state index in [1.165, 1.54) is 0 Å². The Bertz CT molecular complexity index is 482. The lowest BCUT2D eigenvalue weighted by Crippen LogP contribution is -1.99. The molecule has 1 aromatic carbocycles. The topological polar surface area (TPSA) is 50.4 Å². The number of benzene rings is 1. The van der Waals surface area contributed by atoms with Gasteiger partial charge in [0, 0.05) is 5.39 Å². The summed E-state index contributed by atoms with van der Waals surface area (Å²) in [6.07, 6.45) is 1.73. The third-order valence-electron chi connectivity index (χ3n) is 2.19. The smallest absolute Gasteiger partial charge is 0.307 e. The highest BCUT2D eigenvalue weighted by Gasteiger charge is 2.05. The number of carboxylic acid groups (broad SMARTS) is 1. The molecule has 0 radical (unpaired) electrons. The summed E-state index contributed by atoms with van der Waals surface area (Å²) in [5, 5.41) is 9.63. The van der Waals surface area contributed by atoms with E-state index in [1.54, 1.807) is 18.4 Å². The first-order valence-corrected chi connectivity index (χ1v) is 4.35. The van der Waals surface area contributed by atoms with Gasteiger partial charge < -0.3 is 9.52 Å². The molecule has 1 aromatic heterocycles. The summed E-state index contributed by atoms with van der Waals surface area (Å²) in [7, 11) is 0. The van der Waals surface area contributed by atoms with Crippen molar-refractivity contribution in [2.24, 2.45) is 0 Å². The molecule has 72 valence electrons. The number of rotatable bonds is 2. The van der Waals surface area contributed by atoms with Crippen molar-refractivity contribution in [3.63, 3.8) is 0 Å². The number of carbonyl (C=O) groups is 1. The molecule has 0 saturated heterocycles. The number of aryl methyl sites for hydroxylation is 1. The molecule has 2 aromatic rings. The van der Waals surface area contributed by atoms with E-state index >= 15 is 0 Å². The standard InChI is InChI=1S/C11H10O3/c1-7-6-14-10-3-2-8(4-9(7)10)5-11(12)13/h2-4,6H,5H2,1H3,(H,12,13). The zero-order valence-electron chi connectivity index (χ0n) is 7.78. The fourth-order valence-corrected chi connectivity index (χ4v) is 1.49. The van der Waals surface area contributed by atoms with E-state index < -0.39 is 5.97 Å². The lowest BCUT2D eigenvalue weighted by atomic mass is 10.1. The Morgan fingerprint density at radius 1 is 1.50 bits per heavy atom. The minimum atomic E-state index is -0.814. The Labute approximate surface area is 81.0 Å². The van der Waals surface area contributed by atoms with E-state index in [1.807, 2.05) is 13.0 Å². The third-order valence-corrected chi connectivity index (χ3v) is 2.19. The van der Waals surface area contributed by atoms with Crippen LogP contribution in [0.15, 0.2) is 28.9 Å². The lowest BCUT2D eigenvalue weighted by Gasteiger charge is -1.96. The van der Waals surface area contributed by atoms with Crippen molar-refractivity contribution in [1.29, 1.82) is 0 Å². The minimum Gasteiger partial charge on any atom is -0.481 e.